The highest BCUT2D eigenvalue weighted by Gasteiger charge is 2.28. The van der Waals surface area contributed by atoms with E-state index >= 15 is 0 Å². The van der Waals surface area contributed by atoms with E-state index in [1.165, 1.54) is 5.56 Å². The molecule has 1 aliphatic heterocycles. The van der Waals surface area contributed by atoms with Gasteiger partial charge in [-0.25, -0.2) is 0 Å². The van der Waals surface area contributed by atoms with E-state index in [0.717, 1.165) is 24.9 Å². The van der Waals surface area contributed by atoms with Crippen LogP contribution in [0.4, 0.5) is 5.69 Å². The second kappa shape index (κ2) is 10.4. The average Bonchev–Trinajstić information content (AvgIpc) is 3.27. The number of amides is 2. The highest BCUT2D eigenvalue weighted by atomic mass is 16.5. The number of anilines is 1. The van der Waals surface area contributed by atoms with E-state index in [-0.39, 0.29) is 23.3 Å². The minimum absolute atomic E-state index is 0.0865. The number of carbonyl (C=O) groups excluding carboxylic acids is 2. The molecule has 8 heteroatoms. The molecular weight excluding hydrogens is 442 g/mol. The van der Waals surface area contributed by atoms with Crippen molar-refractivity contribution in [2.24, 2.45) is 5.92 Å². The highest BCUT2D eigenvalue weighted by molar-refractivity contribution is 6.04. The third-order valence-corrected chi connectivity index (χ3v) is 5.93. The van der Waals surface area contributed by atoms with Crippen molar-refractivity contribution in [3.8, 4) is 11.4 Å². The minimum atomic E-state index is -0.369. The summed E-state index contributed by atoms with van der Waals surface area (Å²) in [5.41, 5.74) is 2.70. The van der Waals surface area contributed by atoms with Crippen molar-refractivity contribution >= 4 is 17.5 Å². The van der Waals surface area contributed by atoms with Crippen molar-refractivity contribution < 1.29 is 14.1 Å². The minimum Gasteiger partial charge on any atom is -0.347 e. The molecule has 0 radical (unpaired) electrons. The van der Waals surface area contributed by atoms with Crippen LogP contribution in [0.15, 0.2) is 53.1 Å². The Kier molecular flexibility index (Phi) is 7.31. The Labute approximate surface area is 206 Å². The molecule has 4 rings (SSSR count). The quantitative estimate of drug-likeness (QED) is 0.547. The molecule has 0 bridgehead atoms. The van der Waals surface area contributed by atoms with Crippen molar-refractivity contribution in [2.75, 3.05) is 18.4 Å². The Morgan fingerprint density at radius 1 is 1.11 bits per heavy atom. The number of nitrogens with one attached hydrogen (secondary N) is 2. The molecular formula is C27H33N5O3. The molecule has 2 heterocycles. The van der Waals surface area contributed by atoms with Crippen molar-refractivity contribution in [2.45, 2.75) is 52.6 Å². The van der Waals surface area contributed by atoms with Gasteiger partial charge in [-0.05, 0) is 59.2 Å². The van der Waals surface area contributed by atoms with Crippen LogP contribution in [0, 0.1) is 12.8 Å². The van der Waals surface area contributed by atoms with Crippen molar-refractivity contribution in [1.29, 1.82) is 0 Å². The molecule has 0 saturated carbocycles. The number of rotatable bonds is 6. The van der Waals surface area contributed by atoms with Crippen LogP contribution in [0.1, 0.15) is 55.4 Å². The summed E-state index contributed by atoms with van der Waals surface area (Å²) in [6, 6.07) is 15.1. The van der Waals surface area contributed by atoms with Crippen LogP contribution in [0.3, 0.4) is 0 Å². The molecule has 2 aromatic carbocycles. The van der Waals surface area contributed by atoms with Gasteiger partial charge in [0, 0.05) is 17.6 Å². The van der Waals surface area contributed by atoms with Gasteiger partial charge in [-0.3, -0.25) is 14.5 Å². The zero-order valence-corrected chi connectivity index (χ0v) is 20.8. The van der Waals surface area contributed by atoms with Crippen LogP contribution in [0.5, 0.6) is 0 Å². The van der Waals surface area contributed by atoms with Gasteiger partial charge in [-0.15, -0.1) is 0 Å². The van der Waals surface area contributed by atoms with Crippen LogP contribution < -0.4 is 10.6 Å². The molecule has 0 aliphatic carbocycles. The van der Waals surface area contributed by atoms with Gasteiger partial charge in [0.2, 0.25) is 17.6 Å². The molecule has 1 unspecified atom stereocenters. The van der Waals surface area contributed by atoms with E-state index in [1.54, 1.807) is 18.2 Å². The summed E-state index contributed by atoms with van der Waals surface area (Å²) in [4.78, 5) is 32.5. The molecule has 0 spiro atoms. The maximum absolute atomic E-state index is 13.1. The number of likely N-dealkylation sites (tertiary alicyclic amines) is 1. The Morgan fingerprint density at radius 3 is 2.60 bits per heavy atom. The average molecular weight is 476 g/mol. The number of aryl methyl sites for hydroxylation is 1. The van der Waals surface area contributed by atoms with Gasteiger partial charge >= 0.3 is 0 Å². The lowest BCUT2D eigenvalue weighted by molar-refractivity contribution is -0.121. The summed E-state index contributed by atoms with van der Waals surface area (Å²) in [5, 5.41) is 10.1. The Morgan fingerprint density at radius 2 is 1.86 bits per heavy atom. The summed E-state index contributed by atoms with van der Waals surface area (Å²) < 4.78 is 5.48. The first-order chi connectivity index (χ1) is 16.7. The smallest absolute Gasteiger partial charge is 0.253 e. The van der Waals surface area contributed by atoms with Gasteiger partial charge < -0.3 is 15.2 Å². The van der Waals surface area contributed by atoms with Crippen LogP contribution in [0.2, 0.25) is 0 Å². The monoisotopic (exact) mass is 475 g/mol. The van der Waals surface area contributed by atoms with E-state index < -0.39 is 0 Å². The molecule has 3 aromatic rings. The van der Waals surface area contributed by atoms with Gasteiger partial charge in [0.1, 0.15) is 0 Å². The lowest BCUT2D eigenvalue weighted by Crippen LogP contribution is -2.42. The first-order valence-electron chi connectivity index (χ1n) is 12.0. The third kappa shape index (κ3) is 6.54. The zero-order chi connectivity index (χ0) is 25.0. The van der Waals surface area contributed by atoms with Gasteiger partial charge in [0.25, 0.3) is 5.91 Å². The van der Waals surface area contributed by atoms with Gasteiger partial charge in [-0.1, -0.05) is 47.1 Å². The van der Waals surface area contributed by atoms with Crippen molar-refractivity contribution in [1.82, 2.24) is 20.4 Å². The van der Waals surface area contributed by atoms with Gasteiger partial charge in [0.05, 0.1) is 23.7 Å². The first kappa shape index (κ1) is 24.6. The fourth-order valence-electron chi connectivity index (χ4n) is 4.18. The Bertz CT molecular complexity index is 1180. The standard InChI is InChI=1S/C27H33N5O3/c1-18-11-13-19(14-12-18)24-29-23(35-31-24)17-32-15-7-8-20(16-32)25(33)28-22-10-6-5-9-21(22)26(34)30-27(2,3)4/h5-6,9-14,20H,7-8,15-17H2,1-4H3,(H,28,33)(H,30,34). The maximum atomic E-state index is 13.1. The third-order valence-electron chi connectivity index (χ3n) is 5.93. The van der Waals surface area contributed by atoms with E-state index in [0.29, 0.717) is 36.1 Å². The van der Waals surface area contributed by atoms with Crippen LogP contribution >= 0.6 is 0 Å². The second-order valence-corrected chi connectivity index (χ2v) is 10.2. The molecule has 1 saturated heterocycles. The normalized spacial score (nSPS) is 16.6. The van der Waals surface area contributed by atoms with E-state index in [1.807, 2.05) is 58.0 Å². The fraction of sp³-hybridized carbons (Fsp3) is 0.407. The number of carbonyl (C=O) groups is 2. The molecule has 35 heavy (non-hydrogen) atoms. The number of hydrogen-bond acceptors (Lipinski definition) is 6. The van der Waals surface area contributed by atoms with Gasteiger partial charge in [0.15, 0.2) is 0 Å². The summed E-state index contributed by atoms with van der Waals surface area (Å²) in [7, 11) is 0. The molecule has 1 aromatic heterocycles. The topological polar surface area (TPSA) is 100 Å². The van der Waals surface area contributed by atoms with E-state index in [4.69, 9.17) is 4.52 Å². The predicted octanol–water partition coefficient (Wildman–Crippen LogP) is 4.42. The van der Waals surface area contributed by atoms with E-state index in [2.05, 4.69) is 25.7 Å². The maximum Gasteiger partial charge on any atom is 0.253 e. The number of aromatic nitrogens is 2. The SMILES string of the molecule is Cc1ccc(-c2noc(CN3CCCC(C(=O)Nc4ccccc4C(=O)NC(C)(C)C)C3)n2)cc1. The molecule has 2 amide bonds. The lowest BCUT2D eigenvalue weighted by Gasteiger charge is -2.31. The highest BCUT2D eigenvalue weighted by Crippen LogP contribution is 2.23. The Hall–Kier alpha value is -3.52. The summed E-state index contributed by atoms with van der Waals surface area (Å²) in [5.74, 6) is 0.611. The summed E-state index contributed by atoms with van der Waals surface area (Å²) in [6.45, 7) is 9.75. The van der Waals surface area contributed by atoms with Gasteiger partial charge in [-0.2, -0.15) is 4.98 Å². The Balaban J connectivity index is 1.38. The number of nitrogens with zero attached hydrogens (tertiary/aromatic N) is 3. The van der Waals surface area contributed by atoms with Crippen LogP contribution in [-0.4, -0.2) is 45.5 Å². The number of para-hydroxylation sites is 1. The molecule has 1 fully saturated rings. The number of benzene rings is 2. The van der Waals surface area contributed by atoms with Crippen LogP contribution in [-0.2, 0) is 11.3 Å². The van der Waals surface area contributed by atoms with Crippen molar-refractivity contribution in [3.63, 3.8) is 0 Å². The molecule has 1 atom stereocenters. The van der Waals surface area contributed by atoms with E-state index in [9.17, 15) is 9.59 Å². The van der Waals surface area contributed by atoms with Crippen LogP contribution in [0.25, 0.3) is 11.4 Å². The van der Waals surface area contributed by atoms with Crippen molar-refractivity contribution in [3.05, 3.63) is 65.5 Å². The lowest BCUT2D eigenvalue weighted by atomic mass is 9.96. The predicted molar refractivity (Wildman–Crippen MR) is 135 cm³/mol. The summed E-state index contributed by atoms with van der Waals surface area (Å²) >= 11 is 0. The fourth-order valence-corrected chi connectivity index (χ4v) is 4.18. The number of hydrogen-bond donors (Lipinski definition) is 2. The second-order valence-electron chi connectivity index (χ2n) is 10.2. The largest absolute Gasteiger partial charge is 0.347 e. The molecule has 184 valence electrons. The molecule has 1 aliphatic rings. The zero-order valence-electron chi connectivity index (χ0n) is 20.8. The number of piperidine rings is 1. The molecule has 8 nitrogen and oxygen atoms in total. The molecule has 2 N–H and O–H groups in total. The summed E-state index contributed by atoms with van der Waals surface area (Å²) in [6.07, 6.45) is 1.68. The first-order valence-corrected chi connectivity index (χ1v) is 12.0.